The lowest BCUT2D eigenvalue weighted by Gasteiger charge is -2.18. The van der Waals surface area contributed by atoms with E-state index in [-0.39, 0.29) is 12.1 Å². The van der Waals surface area contributed by atoms with Crippen molar-refractivity contribution in [3.8, 4) is 0 Å². The molecule has 0 saturated carbocycles. The minimum Gasteiger partial charge on any atom is -0.480 e. The van der Waals surface area contributed by atoms with E-state index in [0.29, 0.717) is 0 Å². The molecule has 1 heterocycles. The Labute approximate surface area is 92.8 Å². The van der Waals surface area contributed by atoms with Gasteiger partial charge in [0, 0.05) is 6.20 Å². The van der Waals surface area contributed by atoms with E-state index >= 15 is 0 Å². The smallest absolute Gasteiger partial charge is 0.341 e. The zero-order valence-corrected chi connectivity index (χ0v) is 9.43. The van der Waals surface area contributed by atoms with Gasteiger partial charge in [-0.25, -0.2) is 4.79 Å². The van der Waals surface area contributed by atoms with Crippen LogP contribution in [0.1, 0.15) is 31.1 Å². The first kappa shape index (κ1) is 12.2. The Bertz CT molecular complexity index is 403. The standard InChI is InChI=1S/C10H14N2O4/c1-10(2,3)16-9(15)7-4-11-12(5-7)6-8(13)14/h4-5H,6H2,1-3H3,(H,13,14). The number of hydrogen-bond donors (Lipinski definition) is 1. The summed E-state index contributed by atoms with van der Waals surface area (Å²) in [7, 11) is 0. The number of hydrogen-bond acceptors (Lipinski definition) is 4. The van der Waals surface area contributed by atoms with Crippen molar-refractivity contribution in [3.05, 3.63) is 18.0 Å². The van der Waals surface area contributed by atoms with Crippen LogP contribution in [0.2, 0.25) is 0 Å². The molecule has 0 atom stereocenters. The van der Waals surface area contributed by atoms with Crippen LogP contribution in [0.5, 0.6) is 0 Å². The van der Waals surface area contributed by atoms with Crippen molar-refractivity contribution in [1.29, 1.82) is 0 Å². The summed E-state index contributed by atoms with van der Waals surface area (Å²) in [5.41, 5.74) is -0.331. The maximum Gasteiger partial charge on any atom is 0.341 e. The maximum atomic E-state index is 11.5. The molecule has 6 heteroatoms. The predicted molar refractivity (Wildman–Crippen MR) is 55.0 cm³/mol. The van der Waals surface area contributed by atoms with Gasteiger partial charge in [-0.05, 0) is 20.8 Å². The van der Waals surface area contributed by atoms with Crippen LogP contribution in [0.25, 0.3) is 0 Å². The normalized spacial score (nSPS) is 11.2. The molecule has 0 spiro atoms. The Morgan fingerprint density at radius 2 is 2.12 bits per heavy atom. The van der Waals surface area contributed by atoms with Crippen LogP contribution in [0.3, 0.4) is 0 Å². The second-order valence-electron chi connectivity index (χ2n) is 4.32. The van der Waals surface area contributed by atoms with Crippen LogP contribution in [0, 0.1) is 0 Å². The Kier molecular flexibility index (Phi) is 3.31. The van der Waals surface area contributed by atoms with Crippen molar-refractivity contribution < 1.29 is 19.4 Å². The van der Waals surface area contributed by atoms with Crippen LogP contribution in [0.4, 0.5) is 0 Å². The lowest BCUT2D eigenvalue weighted by Crippen LogP contribution is -2.23. The summed E-state index contributed by atoms with van der Waals surface area (Å²) >= 11 is 0. The molecule has 1 aromatic heterocycles. The lowest BCUT2D eigenvalue weighted by atomic mass is 10.2. The van der Waals surface area contributed by atoms with Crippen molar-refractivity contribution in [3.63, 3.8) is 0 Å². The summed E-state index contributed by atoms with van der Waals surface area (Å²) in [6, 6.07) is 0. The molecule has 0 bridgehead atoms. The SMILES string of the molecule is CC(C)(C)OC(=O)c1cnn(CC(=O)O)c1. The van der Waals surface area contributed by atoms with Gasteiger partial charge in [-0.2, -0.15) is 5.10 Å². The zero-order valence-electron chi connectivity index (χ0n) is 9.43. The van der Waals surface area contributed by atoms with Crippen molar-refractivity contribution in [2.24, 2.45) is 0 Å². The van der Waals surface area contributed by atoms with E-state index in [1.807, 2.05) is 0 Å². The molecule has 0 unspecified atom stereocenters. The van der Waals surface area contributed by atoms with Gasteiger partial charge in [0.25, 0.3) is 0 Å². The average molecular weight is 226 g/mol. The Morgan fingerprint density at radius 3 is 2.62 bits per heavy atom. The van der Waals surface area contributed by atoms with Gasteiger partial charge in [0.1, 0.15) is 12.1 Å². The maximum absolute atomic E-state index is 11.5. The third kappa shape index (κ3) is 3.72. The van der Waals surface area contributed by atoms with Crippen LogP contribution in [-0.4, -0.2) is 32.4 Å². The van der Waals surface area contributed by atoms with E-state index in [2.05, 4.69) is 5.10 Å². The molecule has 0 aliphatic carbocycles. The molecule has 1 rings (SSSR count). The summed E-state index contributed by atoms with van der Waals surface area (Å²) < 4.78 is 6.27. The number of rotatable bonds is 3. The first-order valence-electron chi connectivity index (χ1n) is 4.75. The summed E-state index contributed by atoms with van der Waals surface area (Å²) in [5.74, 6) is -1.53. The summed E-state index contributed by atoms with van der Waals surface area (Å²) in [6.45, 7) is 4.99. The molecule has 0 aromatic carbocycles. The van der Waals surface area contributed by atoms with Gasteiger partial charge in [-0.15, -0.1) is 0 Å². The summed E-state index contributed by atoms with van der Waals surface area (Å²) in [5, 5.41) is 12.3. The van der Waals surface area contributed by atoms with E-state index in [9.17, 15) is 9.59 Å². The fraction of sp³-hybridized carbons (Fsp3) is 0.500. The van der Waals surface area contributed by atoms with E-state index in [0.717, 1.165) is 0 Å². The number of esters is 1. The topological polar surface area (TPSA) is 81.4 Å². The fourth-order valence-corrected chi connectivity index (χ4v) is 1.03. The van der Waals surface area contributed by atoms with E-state index < -0.39 is 17.5 Å². The molecule has 1 aromatic rings. The number of aliphatic carboxylic acids is 1. The van der Waals surface area contributed by atoms with Gasteiger partial charge in [-0.1, -0.05) is 0 Å². The molecule has 6 nitrogen and oxygen atoms in total. The molecule has 0 amide bonds. The van der Waals surface area contributed by atoms with Crippen molar-refractivity contribution >= 4 is 11.9 Å². The number of carboxylic acids is 1. The molecular formula is C10H14N2O4. The fourth-order valence-electron chi connectivity index (χ4n) is 1.03. The number of nitrogens with zero attached hydrogens (tertiary/aromatic N) is 2. The number of aromatic nitrogens is 2. The Hall–Kier alpha value is -1.85. The van der Waals surface area contributed by atoms with Gasteiger partial charge < -0.3 is 9.84 Å². The van der Waals surface area contributed by atoms with Crippen LogP contribution >= 0.6 is 0 Å². The molecule has 0 radical (unpaired) electrons. The van der Waals surface area contributed by atoms with Gasteiger partial charge in [-0.3, -0.25) is 9.48 Å². The third-order valence-corrected chi connectivity index (χ3v) is 1.57. The molecule has 88 valence electrons. The second kappa shape index (κ2) is 4.34. The molecule has 16 heavy (non-hydrogen) atoms. The highest BCUT2D eigenvalue weighted by Gasteiger charge is 2.19. The summed E-state index contributed by atoms with van der Waals surface area (Å²) in [6.07, 6.45) is 2.64. The molecule has 0 fully saturated rings. The van der Waals surface area contributed by atoms with Crippen molar-refractivity contribution in [1.82, 2.24) is 9.78 Å². The molecular weight excluding hydrogens is 212 g/mol. The largest absolute Gasteiger partial charge is 0.480 e. The Balaban J connectivity index is 2.71. The average Bonchev–Trinajstić information content (AvgIpc) is 2.48. The molecule has 0 aliphatic heterocycles. The van der Waals surface area contributed by atoms with Gasteiger partial charge in [0.05, 0.1) is 11.8 Å². The predicted octanol–water partition coefficient (Wildman–Crippen LogP) is 0.923. The quantitative estimate of drug-likeness (QED) is 0.775. The van der Waals surface area contributed by atoms with Crippen LogP contribution in [-0.2, 0) is 16.1 Å². The van der Waals surface area contributed by atoms with E-state index in [1.165, 1.54) is 17.1 Å². The highest BCUT2D eigenvalue weighted by Crippen LogP contribution is 2.11. The van der Waals surface area contributed by atoms with Crippen LogP contribution < -0.4 is 0 Å². The first-order chi connectivity index (χ1) is 7.28. The number of carbonyl (C=O) groups excluding carboxylic acids is 1. The van der Waals surface area contributed by atoms with Gasteiger partial charge in [0.2, 0.25) is 0 Å². The highest BCUT2D eigenvalue weighted by molar-refractivity contribution is 5.89. The minimum absolute atomic E-state index is 0.246. The van der Waals surface area contributed by atoms with Crippen molar-refractivity contribution in [2.45, 2.75) is 32.9 Å². The van der Waals surface area contributed by atoms with E-state index in [4.69, 9.17) is 9.84 Å². The first-order valence-corrected chi connectivity index (χ1v) is 4.75. The second-order valence-corrected chi connectivity index (χ2v) is 4.32. The Morgan fingerprint density at radius 1 is 1.50 bits per heavy atom. The molecule has 0 saturated heterocycles. The monoisotopic (exact) mass is 226 g/mol. The van der Waals surface area contributed by atoms with E-state index in [1.54, 1.807) is 20.8 Å². The number of ether oxygens (including phenoxy) is 1. The number of carbonyl (C=O) groups is 2. The highest BCUT2D eigenvalue weighted by atomic mass is 16.6. The molecule has 0 aliphatic rings. The zero-order chi connectivity index (χ0) is 12.3. The number of carboxylic acid groups (broad SMARTS) is 1. The van der Waals surface area contributed by atoms with Gasteiger partial charge in [0.15, 0.2) is 0 Å². The molecule has 1 N–H and O–H groups in total. The van der Waals surface area contributed by atoms with Crippen molar-refractivity contribution in [2.75, 3.05) is 0 Å². The lowest BCUT2D eigenvalue weighted by molar-refractivity contribution is -0.137. The third-order valence-electron chi connectivity index (χ3n) is 1.57. The van der Waals surface area contributed by atoms with Crippen LogP contribution in [0.15, 0.2) is 12.4 Å². The minimum atomic E-state index is -1.01. The summed E-state index contributed by atoms with van der Waals surface area (Å²) in [4.78, 5) is 21.9. The van der Waals surface area contributed by atoms with Gasteiger partial charge >= 0.3 is 11.9 Å².